The molecule has 1 amide bonds. The molecule has 0 aromatic heterocycles. The van der Waals surface area contributed by atoms with Crippen LogP contribution in [0.5, 0.6) is 0 Å². The van der Waals surface area contributed by atoms with Crippen LogP contribution in [0.1, 0.15) is 25.8 Å². The minimum Gasteiger partial charge on any atom is -0.355 e. The van der Waals surface area contributed by atoms with Gasteiger partial charge in [-0.05, 0) is 29.7 Å². The summed E-state index contributed by atoms with van der Waals surface area (Å²) in [4.78, 5) is 11.9. The van der Waals surface area contributed by atoms with E-state index >= 15 is 0 Å². The van der Waals surface area contributed by atoms with E-state index in [1.54, 1.807) is 0 Å². The molecule has 1 fully saturated rings. The first-order chi connectivity index (χ1) is 8.49. The maximum absolute atomic E-state index is 11.9. The van der Waals surface area contributed by atoms with E-state index in [-0.39, 0.29) is 11.2 Å². The minimum atomic E-state index is -0.255. The third-order valence-corrected chi connectivity index (χ3v) is 4.23. The highest BCUT2D eigenvalue weighted by atomic mass is 32.1. The van der Waals surface area contributed by atoms with Crippen molar-refractivity contribution in [3.8, 4) is 0 Å². The molecule has 2 unspecified atom stereocenters. The quantitative estimate of drug-likeness (QED) is 0.786. The van der Waals surface area contributed by atoms with Crippen LogP contribution in [0.15, 0.2) is 30.3 Å². The molecule has 1 aliphatic rings. The number of thiol groups is 1. The molecule has 1 aromatic carbocycles. The number of carbonyl (C=O) groups is 1. The summed E-state index contributed by atoms with van der Waals surface area (Å²) in [6.45, 7) is 5.27. The van der Waals surface area contributed by atoms with Crippen molar-refractivity contribution in [2.75, 3.05) is 6.54 Å². The van der Waals surface area contributed by atoms with Gasteiger partial charge in [0.15, 0.2) is 0 Å². The molecular formula is C15H21NOS. The topological polar surface area (TPSA) is 29.1 Å². The van der Waals surface area contributed by atoms with Crippen molar-refractivity contribution in [2.24, 2.45) is 11.3 Å². The molecule has 2 rings (SSSR count). The van der Waals surface area contributed by atoms with E-state index in [0.717, 1.165) is 12.1 Å². The van der Waals surface area contributed by atoms with Gasteiger partial charge >= 0.3 is 0 Å². The fraction of sp³-hybridized carbons (Fsp3) is 0.533. The summed E-state index contributed by atoms with van der Waals surface area (Å²) in [5.74, 6) is 0.684. The van der Waals surface area contributed by atoms with Crippen LogP contribution in [0.4, 0.5) is 0 Å². The molecule has 98 valence electrons. The van der Waals surface area contributed by atoms with E-state index in [2.05, 4.69) is 31.8 Å². The van der Waals surface area contributed by atoms with Gasteiger partial charge in [0.05, 0.1) is 5.25 Å². The zero-order valence-corrected chi connectivity index (χ0v) is 11.9. The Morgan fingerprint density at radius 1 is 1.44 bits per heavy atom. The van der Waals surface area contributed by atoms with Crippen molar-refractivity contribution in [2.45, 2.75) is 31.9 Å². The van der Waals surface area contributed by atoms with Crippen LogP contribution in [0.25, 0.3) is 0 Å². The van der Waals surface area contributed by atoms with Crippen molar-refractivity contribution >= 4 is 18.5 Å². The van der Waals surface area contributed by atoms with E-state index in [9.17, 15) is 4.79 Å². The predicted molar refractivity (Wildman–Crippen MR) is 77.8 cm³/mol. The Morgan fingerprint density at radius 2 is 2.06 bits per heavy atom. The Hall–Kier alpha value is -0.960. The third-order valence-electron chi connectivity index (χ3n) is 3.81. The summed E-state index contributed by atoms with van der Waals surface area (Å²) in [5, 5.41) is 2.75. The van der Waals surface area contributed by atoms with Gasteiger partial charge in [-0.25, -0.2) is 0 Å². The first-order valence-electron chi connectivity index (χ1n) is 6.49. The van der Waals surface area contributed by atoms with Crippen molar-refractivity contribution in [3.63, 3.8) is 0 Å². The summed E-state index contributed by atoms with van der Waals surface area (Å²) in [5.41, 5.74) is 1.57. The number of hydrogen-bond donors (Lipinski definition) is 2. The smallest absolute Gasteiger partial charge is 0.233 e. The lowest BCUT2D eigenvalue weighted by Crippen LogP contribution is -2.34. The van der Waals surface area contributed by atoms with Gasteiger partial charge < -0.3 is 5.32 Å². The number of nitrogens with one attached hydrogen (secondary N) is 1. The molecule has 3 heteroatoms. The van der Waals surface area contributed by atoms with E-state index in [1.807, 2.05) is 30.3 Å². The zero-order valence-electron chi connectivity index (χ0n) is 11.0. The van der Waals surface area contributed by atoms with Crippen LogP contribution < -0.4 is 5.32 Å². The summed E-state index contributed by atoms with van der Waals surface area (Å²) in [7, 11) is 0. The monoisotopic (exact) mass is 263 g/mol. The lowest BCUT2D eigenvalue weighted by atomic mass is 10.1. The van der Waals surface area contributed by atoms with E-state index < -0.39 is 0 Å². The van der Waals surface area contributed by atoms with Crippen LogP contribution in [0, 0.1) is 11.3 Å². The fourth-order valence-electron chi connectivity index (χ4n) is 2.20. The molecule has 0 bridgehead atoms. The van der Waals surface area contributed by atoms with Crippen molar-refractivity contribution in [3.05, 3.63) is 35.9 Å². The largest absolute Gasteiger partial charge is 0.355 e. The molecule has 2 atom stereocenters. The second-order valence-corrected chi connectivity index (χ2v) is 6.46. The van der Waals surface area contributed by atoms with Crippen molar-refractivity contribution < 1.29 is 4.79 Å². The van der Waals surface area contributed by atoms with E-state index in [4.69, 9.17) is 0 Å². The van der Waals surface area contributed by atoms with Crippen molar-refractivity contribution in [1.29, 1.82) is 0 Å². The molecule has 1 aliphatic carbocycles. The Kier molecular flexibility index (Phi) is 4.00. The maximum Gasteiger partial charge on any atom is 0.233 e. The van der Waals surface area contributed by atoms with Gasteiger partial charge in [-0.2, -0.15) is 12.6 Å². The van der Waals surface area contributed by atoms with Crippen LogP contribution in [-0.2, 0) is 11.2 Å². The molecule has 1 N–H and O–H groups in total. The van der Waals surface area contributed by atoms with Crippen LogP contribution in [0.3, 0.4) is 0 Å². The number of carbonyl (C=O) groups excluding carboxylic acids is 1. The average Bonchev–Trinajstić information content (AvgIpc) is 2.95. The molecule has 0 spiro atoms. The maximum atomic E-state index is 11.9. The number of hydrogen-bond acceptors (Lipinski definition) is 2. The van der Waals surface area contributed by atoms with Gasteiger partial charge in [0, 0.05) is 6.54 Å². The van der Waals surface area contributed by atoms with Gasteiger partial charge in [0.1, 0.15) is 0 Å². The fourth-order valence-corrected chi connectivity index (χ4v) is 2.50. The van der Waals surface area contributed by atoms with Crippen LogP contribution >= 0.6 is 12.6 Å². The third kappa shape index (κ3) is 3.52. The molecular weight excluding hydrogens is 242 g/mol. The first kappa shape index (κ1) is 13.5. The highest BCUT2D eigenvalue weighted by Crippen LogP contribution is 2.50. The first-order valence-corrected chi connectivity index (χ1v) is 7.00. The number of rotatable bonds is 5. The second kappa shape index (κ2) is 5.35. The molecule has 1 saturated carbocycles. The standard InChI is InChI=1S/C15H21NOS/c1-15(2)9-12(15)10-16-14(17)13(18)8-11-6-4-3-5-7-11/h3-7,12-13,18H,8-10H2,1-2H3,(H,16,17). The number of amides is 1. The van der Waals surface area contributed by atoms with Crippen molar-refractivity contribution in [1.82, 2.24) is 5.32 Å². The van der Waals surface area contributed by atoms with Crippen LogP contribution in [0.2, 0.25) is 0 Å². The van der Waals surface area contributed by atoms with Gasteiger partial charge in [0.25, 0.3) is 0 Å². The lowest BCUT2D eigenvalue weighted by molar-refractivity contribution is -0.120. The normalized spacial score (nSPS) is 22.3. The van der Waals surface area contributed by atoms with Gasteiger partial charge in [0.2, 0.25) is 5.91 Å². The minimum absolute atomic E-state index is 0.0462. The average molecular weight is 263 g/mol. The highest BCUT2D eigenvalue weighted by Gasteiger charge is 2.45. The summed E-state index contributed by atoms with van der Waals surface area (Å²) >= 11 is 4.39. The molecule has 1 aromatic rings. The van der Waals surface area contributed by atoms with Gasteiger partial charge in [-0.3, -0.25) is 4.79 Å². The number of benzene rings is 1. The van der Waals surface area contributed by atoms with E-state index in [1.165, 1.54) is 6.42 Å². The summed E-state index contributed by atoms with van der Waals surface area (Å²) < 4.78 is 0. The van der Waals surface area contributed by atoms with Gasteiger partial charge in [-0.1, -0.05) is 44.2 Å². The SMILES string of the molecule is CC1(C)CC1CNC(=O)C(S)Cc1ccccc1. The summed E-state index contributed by atoms with van der Waals surface area (Å²) in [6, 6.07) is 10.0. The Balaban J connectivity index is 1.75. The lowest BCUT2D eigenvalue weighted by Gasteiger charge is -2.12. The molecule has 2 nitrogen and oxygen atoms in total. The zero-order chi connectivity index (χ0) is 13.2. The van der Waals surface area contributed by atoms with Crippen LogP contribution in [-0.4, -0.2) is 17.7 Å². The Bertz CT molecular complexity index is 416. The Morgan fingerprint density at radius 3 is 2.61 bits per heavy atom. The summed E-state index contributed by atoms with van der Waals surface area (Å²) in [6.07, 6.45) is 1.90. The van der Waals surface area contributed by atoms with E-state index in [0.29, 0.717) is 17.8 Å². The molecule has 18 heavy (non-hydrogen) atoms. The molecule has 0 aliphatic heterocycles. The molecule has 0 heterocycles. The van der Waals surface area contributed by atoms with Gasteiger partial charge in [-0.15, -0.1) is 0 Å². The molecule has 0 radical (unpaired) electrons. The molecule has 0 saturated heterocycles. The Labute approximate surface area is 115 Å². The predicted octanol–water partition coefficient (Wildman–Crippen LogP) is 2.69. The second-order valence-electron chi connectivity index (χ2n) is 5.84. The highest BCUT2D eigenvalue weighted by molar-refractivity contribution is 7.81.